The lowest BCUT2D eigenvalue weighted by atomic mass is 9.89. The van der Waals surface area contributed by atoms with Crippen LogP contribution in [-0.4, -0.2) is 22.1 Å². The van der Waals surface area contributed by atoms with Crippen LogP contribution in [0.1, 0.15) is 32.0 Å². The largest absolute Gasteiger partial charge is 0.467 e. The molecule has 0 amide bonds. The number of pyridine rings is 1. The molecule has 0 fully saturated rings. The fourth-order valence-electron chi connectivity index (χ4n) is 1.89. The fourth-order valence-corrected chi connectivity index (χ4v) is 1.89. The topological polar surface area (TPSA) is 47.9 Å². The number of ether oxygens (including phenoxy) is 1. The van der Waals surface area contributed by atoms with Gasteiger partial charge in [0, 0.05) is 40.8 Å². The van der Waals surface area contributed by atoms with Crippen molar-refractivity contribution in [3.63, 3.8) is 0 Å². The van der Waals surface area contributed by atoms with Gasteiger partial charge in [0.2, 0.25) is 0 Å². The van der Waals surface area contributed by atoms with E-state index in [1.807, 2.05) is 20.8 Å². The number of rotatable bonds is 2. The summed E-state index contributed by atoms with van der Waals surface area (Å²) in [5.74, 6) is 0. The molecule has 2 aromatic heterocycles. The Labute approximate surface area is 126 Å². The van der Waals surface area contributed by atoms with Crippen LogP contribution in [0.15, 0.2) is 24.7 Å². The summed E-state index contributed by atoms with van der Waals surface area (Å²) >= 11 is 0. The smallest absolute Gasteiger partial charge is 0.417 e. The molecule has 4 nitrogen and oxygen atoms in total. The van der Waals surface area contributed by atoms with Crippen molar-refractivity contribution in [1.29, 1.82) is 0 Å². The van der Waals surface area contributed by atoms with Crippen molar-refractivity contribution in [2.24, 2.45) is 0 Å². The molecule has 0 radical (unpaired) electrons. The predicted octanol–water partition coefficient (Wildman–Crippen LogP) is 3.86. The number of halogens is 3. The van der Waals surface area contributed by atoms with Crippen LogP contribution in [0.2, 0.25) is 0 Å². The van der Waals surface area contributed by atoms with Crippen LogP contribution < -0.4 is 4.74 Å². The van der Waals surface area contributed by atoms with Gasteiger partial charge in [-0.15, -0.1) is 0 Å². The summed E-state index contributed by atoms with van der Waals surface area (Å²) in [4.78, 5) is 11.8. The highest BCUT2D eigenvalue weighted by molar-refractivity contribution is 5.66. The van der Waals surface area contributed by atoms with Crippen LogP contribution in [0.3, 0.4) is 0 Å². The second-order valence-corrected chi connectivity index (χ2v) is 5.82. The van der Waals surface area contributed by atoms with Gasteiger partial charge >= 0.3 is 12.2 Å². The molecular weight excluding hydrogens is 295 g/mol. The summed E-state index contributed by atoms with van der Waals surface area (Å²) in [6.07, 6.45) is -0.698. The molecule has 0 aliphatic rings. The molecule has 0 bridgehead atoms. The summed E-state index contributed by atoms with van der Waals surface area (Å²) in [5.41, 5.74) is -0.669. The van der Waals surface area contributed by atoms with E-state index in [1.54, 1.807) is 0 Å². The van der Waals surface area contributed by atoms with Gasteiger partial charge in [0.25, 0.3) is 0 Å². The lowest BCUT2D eigenvalue weighted by molar-refractivity contribution is -0.137. The summed E-state index contributed by atoms with van der Waals surface area (Å²) in [5, 5.41) is 0. The summed E-state index contributed by atoms with van der Waals surface area (Å²) in [7, 11) is 1.38. The lowest BCUT2D eigenvalue weighted by Crippen LogP contribution is -2.17. The molecule has 0 unspecified atom stereocenters. The molecule has 0 spiro atoms. The van der Waals surface area contributed by atoms with E-state index in [9.17, 15) is 13.2 Å². The van der Waals surface area contributed by atoms with Gasteiger partial charge in [-0.2, -0.15) is 13.2 Å². The van der Waals surface area contributed by atoms with Gasteiger partial charge in [-0.05, 0) is 6.07 Å². The standard InChI is InChI=1S/C15H16F3N3O/c1-14(2,3)12-5-11(15(16,17)18)10(8-19-12)9-6-20-13(22-4)21-7-9/h5-8H,1-4H3. The van der Waals surface area contributed by atoms with Crippen LogP contribution in [0.5, 0.6) is 6.01 Å². The highest BCUT2D eigenvalue weighted by Crippen LogP contribution is 2.38. The minimum atomic E-state index is -4.49. The Kier molecular flexibility index (Phi) is 4.08. The van der Waals surface area contributed by atoms with Gasteiger partial charge in [0.1, 0.15) is 0 Å². The van der Waals surface area contributed by atoms with Crippen molar-refractivity contribution in [3.8, 4) is 17.1 Å². The number of hydrogen-bond acceptors (Lipinski definition) is 4. The Balaban J connectivity index is 2.59. The number of nitrogens with zero attached hydrogens (tertiary/aromatic N) is 3. The Hall–Kier alpha value is -2.18. The molecule has 118 valence electrons. The van der Waals surface area contributed by atoms with E-state index in [4.69, 9.17) is 4.74 Å². The molecule has 2 heterocycles. The molecule has 0 aliphatic carbocycles. The Bertz CT molecular complexity index is 661. The molecular formula is C15H16F3N3O. The van der Waals surface area contributed by atoms with Gasteiger partial charge in [-0.25, -0.2) is 9.97 Å². The SMILES string of the molecule is COc1ncc(-c2cnc(C(C)(C)C)cc2C(F)(F)F)cn1. The molecule has 0 aliphatic heterocycles. The molecule has 0 saturated carbocycles. The van der Waals surface area contributed by atoms with Crippen LogP contribution in [0, 0.1) is 0 Å². The van der Waals surface area contributed by atoms with E-state index < -0.39 is 17.2 Å². The van der Waals surface area contributed by atoms with Crippen LogP contribution in [0.25, 0.3) is 11.1 Å². The van der Waals surface area contributed by atoms with E-state index in [0.29, 0.717) is 5.69 Å². The highest BCUT2D eigenvalue weighted by atomic mass is 19.4. The molecule has 2 rings (SSSR count). The first-order valence-electron chi connectivity index (χ1n) is 6.57. The van der Waals surface area contributed by atoms with Crippen molar-refractivity contribution >= 4 is 0 Å². The monoisotopic (exact) mass is 311 g/mol. The lowest BCUT2D eigenvalue weighted by Gasteiger charge is -2.21. The number of methoxy groups -OCH3 is 1. The zero-order valence-corrected chi connectivity index (χ0v) is 12.7. The number of aromatic nitrogens is 3. The van der Waals surface area contributed by atoms with E-state index in [1.165, 1.54) is 25.7 Å². The molecule has 0 saturated heterocycles. The minimum Gasteiger partial charge on any atom is -0.467 e. The Morgan fingerprint density at radius 3 is 2.00 bits per heavy atom. The second kappa shape index (κ2) is 5.55. The van der Waals surface area contributed by atoms with E-state index in [0.717, 1.165) is 6.07 Å². The van der Waals surface area contributed by atoms with Gasteiger partial charge in [-0.1, -0.05) is 20.8 Å². The molecule has 22 heavy (non-hydrogen) atoms. The molecule has 0 N–H and O–H groups in total. The maximum atomic E-state index is 13.4. The van der Waals surface area contributed by atoms with Gasteiger partial charge in [0.15, 0.2) is 0 Å². The van der Waals surface area contributed by atoms with Crippen molar-refractivity contribution in [3.05, 3.63) is 35.9 Å². The average Bonchev–Trinajstić information content (AvgIpc) is 2.45. The van der Waals surface area contributed by atoms with E-state index >= 15 is 0 Å². The van der Waals surface area contributed by atoms with Crippen molar-refractivity contribution < 1.29 is 17.9 Å². The zero-order chi connectivity index (χ0) is 16.5. The van der Waals surface area contributed by atoms with Crippen molar-refractivity contribution in [1.82, 2.24) is 15.0 Å². The normalized spacial score (nSPS) is 12.3. The predicted molar refractivity (Wildman–Crippen MR) is 75.5 cm³/mol. The first-order valence-corrected chi connectivity index (χ1v) is 6.57. The first-order chi connectivity index (χ1) is 10.1. The number of alkyl halides is 3. The quantitative estimate of drug-likeness (QED) is 0.845. The third-order valence-corrected chi connectivity index (χ3v) is 3.10. The summed E-state index contributed by atoms with van der Waals surface area (Å²) < 4.78 is 44.9. The Morgan fingerprint density at radius 1 is 0.955 bits per heavy atom. The zero-order valence-electron chi connectivity index (χ0n) is 12.7. The third-order valence-electron chi connectivity index (χ3n) is 3.10. The molecule has 0 aromatic carbocycles. The van der Waals surface area contributed by atoms with E-state index in [2.05, 4.69) is 15.0 Å². The first kappa shape index (κ1) is 16.2. The Morgan fingerprint density at radius 2 is 1.55 bits per heavy atom. The summed E-state index contributed by atoms with van der Waals surface area (Å²) in [6.45, 7) is 5.43. The minimum absolute atomic E-state index is 0.0526. The van der Waals surface area contributed by atoms with Crippen molar-refractivity contribution in [2.75, 3.05) is 7.11 Å². The van der Waals surface area contributed by atoms with Gasteiger partial charge < -0.3 is 4.74 Å². The number of hydrogen-bond donors (Lipinski definition) is 0. The third kappa shape index (κ3) is 3.35. The molecule has 2 aromatic rings. The van der Waals surface area contributed by atoms with Gasteiger partial charge in [-0.3, -0.25) is 4.98 Å². The summed E-state index contributed by atoms with van der Waals surface area (Å²) in [6, 6.07) is 1.18. The van der Waals surface area contributed by atoms with Gasteiger partial charge in [0.05, 0.1) is 12.7 Å². The average molecular weight is 311 g/mol. The van der Waals surface area contributed by atoms with Crippen LogP contribution in [-0.2, 0) is 11.6 Å². The molecule has 7 heteroatoms. The maximum absolute atomic E-state index is 13.4. The van der Waals surface area contributed by atoms with Crippen LogP contribution >= 0.6 is 0 Å². The molecule has 0 atom stereocenters. The fraction of sp³-hybridized carbons (Fsp3) is 0.400. The second-order valence-electron chi connectivity index (χ2n) is 5.82. The van der Waals surface area contributed by atoms with Crippen molar-refractivity contribution in [2.45, 2.75) is 32.4 Å². The van der Waals surface area contributed by atoms with E-state index in [-0.39, 0.29) is 17.1 Å². The van der Waals surface area contributed by atoms with Crippen LogP contribution in [0.4, 0.5) is 13.2 Å². The highest BCUT2D eigenvalue weighted by Gasteiger charge is 2.35. The maximum Gasteiger partial charge on any atom is 0.417 e.